The highest BCUT2D eigenvalue weighted by Crippen LogP contribution is 2.14. The number of ether oxygens (including phenoxy) is 1. The van der Waals surface area contributed by atoms with E-state index < -0.39 is 35.1 Å². The molecule has 1 atom stereocenters. The zero-order valence-corrected chi connectivity index (χ0v) is 17.5. The number of carbonyl (C=O) groups is 2. The Labute approximate surface area is 162 Å². The van der Waals surface area contributed by atoms with Gasteiger partial charge in [0, 0.05) is 13.1 Å². The molecule has 0 aliphatic heterocycles. The number of nitrogens with one attached hydrogen (secondary N) is 1. The van der Waals surface area contributed by atoms with Crippen LogP contribution in [0.15, 0.2) is 29.2 Å². The topological polar surface area (TPSA) is 92.8 Å². The van der Waals surface area contributed by atoms with Gasteiger partial charge in [-0.25, -0.2) is 8.42 Å². The standard InChI is InChI=1S/C19H30N2O5S/c1-14(2)6-9-16(4)20-18(22)13-26-19(23)12-21(5)27(24,25)17-10-7-15(3)8-11-17/h7-8,10-11,14,16H,6,9,12-13H2,1-5H3,(H,20,22)/t16-/m0/s1. The minimum atomic E-state index is -3.79. The number of hydrogen-bond acceptors (Lipinski definition) is 5. The molecule has 1 aromatic rings. The Balaban J connectivity index is 2.47. The van der Waals surface area contributed by atoms with Crippen molar-refractivity contribution in [3.63, 3.8) is 0 Å². The Hall–Kier alpha value is -1.93. The maximum Gasteiger partial charge on any atom is 0.321 e. The lowest BCUT2D eigenvalue weighted by atomic mass is 10.0. The summed E-state index contributed by atoms with van der Waals surface area (Å²) in [4.78, 5) is 23.8. The molecular weight excluding hydrogens is 368 g/mol. The number of rotatable bonds is 10. The molecule has 1 aromatic carbocycles. The largest absolute Gasteiger partial charge is 0.455 e. The molecule has 7 nitrogen and oxygen atoms in total. The van der Waals surface area contributed by atoms with Crippen LogP contribution >= 0.6 is 0 Å². The van der Waals surface area contributed by atoms with E-state index in [2.05, 4.69) is 19.2 Å². The van der Waals surface area contributed by atoms with Gasteiger partial charge in [-0.3, -0.25) is 9.59 Å². The Morgan fingerprint density at radius 1 is 1.11 bits per heavy atom. The molecule has 1 rings (SSSR count). The molecule has 0 saturated heterocycles. The van der Waals surface area contributed by atoms with Crippen molar-refractivity contribution in [2.45, 2.75) is 51.5 Å². The second-order valence-corrected chi connectivity index (χ2v) is 9.22. The highest BCUT2D eigenvalue weighted by Gasteiger charge is 2.23. The summed E-state index contributed by atoms with van der Waals surface area (Å²) < 4.78 is 30.7. The van der Waals surface area contributed by atoms with Crippen LogP contribution in [0.25, 0.3) is 0 Å². The molecule has 0 aromatic heterocycles. The molecule has 0 saturated carbocycles. The maximum absolute atomic E-state index is 12.4. The van der Waals surface area contributed by atoms with Gasteiger partial charge in [0.25, 0.3) is 5.91 Å². The number of hydrogen-bond donors (Lipinski definition) is 1. The predicted octanol–water partition coefficient (Wildman–Crippen LogP) is 2.10. The summed E-state index contributed by atoms with van der Waals surface area (Å²) in [5.41, 5.74) is 0.935. The molecule has 0 heterocycles. The van der Waals surface area contributed by atoms with E-state index in [1.165, 1.54) is 19.2 Å². The highest BCUT2D eigenvalue weighted by atomic mass is 32.2. The Morgan fingerprint density at radius 3 is 2.26 bits per heavy atom. The minimum absolute atomic E-state index is 0.0109. The Bertz CT molecular complexity index is 729. The molecule has 0 aliphatic carbocycles. The predicted molar refractivity (Wildman–Crippen MR) is 104 cm³/mol. The van der Waals surface area contributed by atoms with Crippen molar-refractivity contribution in [1.82, 2.24) is 9.62 Å². The maximum atomic E-state index is 12.4. The summed E-state index contributed by atoms with van der Waals surface area (Å²) in [7, 11) is -2.50. The number of carbonyl (C=O) groups excluding carboxylic acids is 2. The fourth-order valence-corrected chi connectivity index (χ4v) is 3.44. The number of esters is 1. The molecule has 0 unspecified atom stereocenters. The molecule has 0 aliphatic rings. The van der Waals surface area contributed by atoms with Gasteiger partial charge in [-0.1, -0.05) is 31.5 Å². The van der Waals surface area contributed by atoms with Crippen LogP contribution < -0.4 is 5.32 Å². The van der Waals surface area contributed by atoms with Crippen LogP contribution in [-0.2, 0) is 24.3 Å². The fraction of sp³-hybridized carbons (Fsp3) is 0.579. The summed E-state index contributed by atoms with van der Waals surface area (Å²) in [5.74, 6) is -0.630. The Morgan fingerprint density at radius 2 is 1.70 bits per heavy atom. The number of sulfonamides is 1. The zero-order chi connectivity index (χ0) is 20.6. The molecule has 1 N–H and O–H groups in total. The first kappa shape index (κ1) is 23.1. The molecule has 1 amide bonds. The zero-order valence-electron chi connectivity index (χ0n) is 16.7. The van der Waals surface area contributed by atoms with Gasteiger partial charge in [-0.15, -0.1) is 0 Å². The average molecular weight is 399 g/mol. The monoisotopic (exact) mass is 398 g/mol. The van der Waals surface area contributed by atoms with Gasteiger partial charge < -0.3 is 10.1 Å². The minimum Gasteiger partial charge on any atom is -0.455 e. The van der Waals surface area contributed by atoms with Gasteiger partial charge in [-0.2, -0.15) is 4.31 Å². The number of likely N-dealkylation sites (N-methyl/N-ethyl adjacent to an activating group) is 1. The van der Waals surface area contributed by atoms with Crippen molar-refractivity contribution < 1.29 is 22.7 Å². The number of benzene rings is 1. The molecule has 152 valence electrons. The third-order valence-electron chi connectivity index (χ3n) is 4.03. The van der Waals surface area contributed by atoms with Crippen LogP contribution in [-0.4, -0.2) is 50.8 Å². The molecule has 27 heavy (non-hydrogen) atoms. The van der Waals surface area contributed by atoms with Crippen molar-refractivity contribution >= 4 is 21.9 Å². The van der Waals surface area contributed by atoms with E-state index in [-0.39, 0.29) is 10.9 Å². The van der Waals surface area contributed by atoms with E-state index in [4.69, 9.17) is 4.74 Å². The van der Waals surface area contributed by atoms with Gasteiger partial charge in [0.2, 0.25) is 10.0 Å². The Kier molecular flexibility index (Phi) is 8.92. The lowest BCUT2D eigenvalue weighted by molar-refractivity contribution is -0.148. The normalized spacial score (nSPS) is 12.9. The summed E-state index contributed by atoms with van der Waals surface area (Å²) in [6.45, 7) is 7.07. The van der Waals surface area contributed by atoms with Crippen molar-refractivity contribution in [3.8, 4) is 0 Å². The van der Waals surface area contributed by atoms with E-state index in [1.807, 2.05) is 13.8 Å². The van der Waals surface area contributed by atoms with Crippen LogP contribution in [0.2, 0.25) is 0 Å². The first-order valence-corrected chi connectivity index (χ1v) is 10.4. The second kappa shape index (κ2) is 10.4. The van der Waals surface area contributed by atoms with E-state index >= 15 is 0 Å². The van der Waals surface area contributed by atoms with Crippen molar-refractivity contribution in [1.29, 1.82) is 0 Å². The van der Waals surface area contributed by atoms with Crippen LogP contribution in [0.4, 0.5) is 0 Å². The molecule has 0 bridgehead atoms. The van der Waals surface area contributed by atoms with E-state index in [9.17, 15) is 18.0 Å². The highest BCUT2D eigenvalue weighted by molar-refractivity contribution is 7.89. The average Bonchev–Trinajstić information content (AvgIpc) is 2.58. The number of nitrogens with zero attached hydrogens (tertiary/aromatic N) is 1. The lowest BCUT2D eigenvalue weighted by Crippen LogP contribution is -2.38. The smallest absolute Gasteiger partial charge is 0.321 e. The summed E-state index contributed by atoms with van der Waals surface area (Å²) >= 11 is 0. The molecule has 0 radical (unpaired) electrons. The van der Waals surface area contributed by atoms with E-state index in [1.54, 1.807) is 12.1 Å². The van der Waals surface area contributed by atoms with Crippen molar-refractivity contribution in [2.75, 3.05) is 20.2 Å². The van der Waals surface area contributed by atoms with E-state index in [0.717, 1.165) is 22.7 Å². The number of amides is 1. The van der Waals surface area contributed by atoms with Crippen molar-refractivity contribution in [2.24, 2.45) is 5.92 Å². The van der Waals surface area contributed by atoms with E-state index in [0.29, 0.717) is 5.92 Å². The van der Waals surface area contributed by atoms with Gasteiger partial charge in [0.1, 0.15) is 6.54 Å². The summed E-state index contributed by atoms with van der Waals surface area (Å²) in [6, 6.07) is 6.33. The number of aryl methyl sites for hydroxylation is 1. The van der Waals surface area contributed by atoms with Gasteiger partial charge in [-0.05, 0) is 44.7 Å². The van der Waals surface area contributed by atoms with Crippen LogP contribution in [0.3, 0.4) is 0 Å². The SMILES string of the molecule is Cc1ccc(S(=O)(=O)N(C)CC(=O)OCC(=O)N[C@@H](C)CCC(C)C)cc1. The first-order valence-electron chi connectivity index (χ1n) is 9.00. The van der Waals surface area contributed by atoms with Gasteiger partial charge in [0.05, 0.1) is 4.90 Å². The molecule has 0 spiro atoms. The van der Waals surface area contributed by atoms with Crippen LogP contribution in [0.5, 0.6) is 0 Å². The molecule has 8 heteroatoms. The second-order valence-electron chi connectivity index (χ2n) is 7.17. The van der Waals surface area contributed by atoms with Gasteiger partial charge >= 0.3 is 5.97 Å². The lowest BCUT2D eigenvalue weighted by Gasteiger charge is -2.17. The summed E-state index contributed by atoms with van der Waals surface area (Å²) in [6.07, 6.45) is 1.83. The van der Waals surface area contributed by atoms with Crippen LogP contribution in [0.1, 0.15) is 39.2 Å². The first-order chi connectivity index (χ1) is 12.5. The third-order valence-corrected chi connectivity index (χ3v) is 5.85. The summed E-state index contributed by atoms with van der Waals surface area (Å²) in [5, 5.41) is 2.76. The van der Waals surface area contributed by atoms with Crippen molar-refractivity contribution in [3.05, 3.63) is 29.8 Å². The van der Waals surface area contributed by atoms with Gasteiger partial charge in [0.15, 0.2) is 6.61 Å². The quantitative estimate of drug-likeness (QED) is 0.609. The third kappa shape index (κ3) is 8.09. The fourth-order valence-electron chi connectivity index (χ4n) is 2.32. The molecule has 0 fully saturated rings. The molecular formula is C19H30N2O5S. The van der Waals surface area contributed by atoms with Crippen LogP contribution in [0, 0.1) is 12.8 Å².